The second-order valence-electron chi connectivity index (χ2n) is 6.03. The third kappa shape index (κ3) is 4.72. The van der Waals surface area contributed by atoms with Gasteiger partial charge in [0.25, 0.3) is 0 Å². The number of amides is 1. The summed E-state index contributed by atoms with van der Waals surface area (Å²) in [6, 6.07) is 0. The molecule has 0 aromatic rings. The van der Waals surface area contributed by atoms with Crippen molar-refractivity contribution in [3.63, 3.8) is 0 Å². The summed E-state index contributed by atoms with van der Waals surface area (Å²) in [7, 11) is 0. The van der Waals surface area contributed by atoms with Gasteiger partial charge in [0.15, 0.2) is 0 Å². The van der Waals surface area contributed by atoms with Crippen LogP contribution in [0, 0.1) is 5.92 Å². The molecule has 0 bridgehead atoms. The Bertz CT molecular complexity index is 295. The van der Waals surface area contributed by atoms with Gasteiger partial charge in [0.1, 0.15) is 0 Å². The summed E-state index contributed by atoms with van der Waals surface area (Å²) in [5.74, 6) is 0.549. The van der Waals surface area contributed by atoms with Crippen molar-refractivity contribution in [3.8, 4) is 0 Å². The number of nitrogens with one attached hydrogen (secondary N) is 1. The molecule has 2 aliphatic rings. The maximum atomic E-state index is 12.1. The Kier molecular flexibility index (Phi) is 6.26. The number of hydrogen-bond donors (Lipinski definition) is 2. The molecule has 2 N–H and O–H groups in total. The Hall–Kier alpha value is -0.650. The molecule has 0 aromatic carbocycles. The SMILES string of the molecule is CC(O)C1CCN(C(=O)CCOC2CCNCC2)CC1. The largest absolute Gasteiger partial charge is 0.393 e. The quantitative estimate of drug-likeness (QED) is 0.782. The molecule has 2 aliphatic heterocycles. The second kappa shape index (κ2) is 7.96. The van der Waals surface area contributed by atoms with Gasteiger partial charge in [-0.15, -0.1) is 0 Å². The van der Waals surface area contributed by atoms with Gasteiger partial charge in [-0.1, -0.05) is 0 Å². The van der Waals surface area contributed by atoms with Gasteiger partial charge in [-0.05, 0) is 51.6 Å². The Morgan fingerprint density at radius 2 is 1.95 bits per heavy atom. The Morgan fingerprint density at radius 1 is 1.30 bits per heavy atom. The van der Waals surface area contributed by atoms with Crippen molar-refractivity contribution in [2.45, 2.75) is 51.2 Å². The predicted octanol–water partition coefficient (Wildman–Crippen LogP) is 0.764. The maximum absolute atomic E-state index is 12.1. The van der Waals surface area contributed by atoms with Gasteiger partial charge in [0.05, 0.1) is 25.2 Å². The van der Waals surface area contributed by atoms with Gasteiger partial charge in [-0.3, -0.25) is 4.79 Å². The molecule has 5 nitrogen and oxygen atoms in total. The summed E-state index contributed by atoms with van der Waals surface area (Å²) in [6.07, 6.45) is 4.49. The van der Waals surface area contributed by atoms with Crippen LogP contribution in [0.1, 0.15) is 39.0 Å². The van der Waals surface area contributed by atoms with Crippen LogP contribution in [0.3, 0.4) is 0 Å². The molecule has 1 unspecified atom stereocenters. The number of hydrogen-bond acceptors (Lipinski definition) is 4. The maximum Gasteiger partial charge on any atom is 0.224 e. The lowest BCUT2D eigenvalue weighted by Gasteiger charge is -2.33. The highest BCUT2D eigenvalue weighted by atomic mass is 16.5. The van der Waals surface area contributed by atoms with Gasteiger partial charge < -0.3 is 20.1 Å². The molecule has 2 rings (SSSR count). The predicted molar refractivity (Wildman–Crippen MR) is 77.4 cm³/mol. The zero-order valence-electron chi connectivity index (χ0n) is 12.5. The minimum atomic E-state index is -0.254. The Balaban J connectivity index is 1.60. The van der Waals surface area contributed by atoms with Crippen LogP contribution in [-0.4, -0.2) is 60.9 Å². The van der Waals surface area contributed by atoms with E-state index in [0.29, 0.717) is 25.0 Å². The van der Waals surface area contributed by atoms with Gasteiger partial charge in [0.2, 0.25) is 5.91 Å². The number of piperidine rings is 2. The minimum Gasteiger partial charge on any atom is -0.393 e. The highest BCUT2D eigenvalue weighted by Crippen LogP contribution is 2.21. The first-order valence-corrected chi connectivity index (χ1v) is 7.95. The van der Waals surface area contributed by atoms with Crippen molar-refractivity contribution in [2.75, 3.05) is 32.8 Å². The van der Waals surface area contributed by atoms with Crippen molar-refractivity contribution >= 4 is 5.91 Å². The summed E-state index contributed by atoms with van der Waals surface area (Å²) in [5.41, 5.74) is 0. The highest BCUT2D eigenvalue weighted by molar-refractivity contribution is 5.76. The van der Waals surface area contributed by atoms with Crippen LogP contribution in [0.15, 0.2) is 0 Å². The number of rotatable bonds is 5. The molecule has 0 spiro atoms. The number of ether oxygens (including phenoxy) is 1. The monoisotopic (exact) mass is 284 g/mol. The molecule has 0 saturated carbocycles. The third-order valence-corrected chi connectivity index (χ3v) is 4.53. The van der Waals surface area contributed by atoms with E-state index >= 15 is 0 Å². The first-order chi connectivity index (χ1) is 9.66. The van der Waals surface area contributed by atoms with Crippen LogP contribution in [0.25, 0.3) is 0 Å². The summed E-state index contributed by atoms with van der Waals surface area (Å²) in [4.78, 5) is 14.0. The lowest BCUT2D eigenvalue weighted by Crippen LogP contribution is -2.41. The molecule has 1 amide bonds. The van der Waals surface area contributed by atoms with Crippen molar-refractivity contribution in [1.82, 2.24) is 10.2 Å². The summed E-state index contributed by atoms with van der Waals surface area (Å²) < 4.78 is 5.78. The second-order valence-corrected chi connectivity index (χ2v) is 6.03. The topological polar surface area (TPSA) is 61.8 Å². The van der Waals surface area contributed by atoms with Crippen molar-refractivity contribution in [1.29, 1.82) is 0 Å². The van der Waals surface area contributed by atoms with Gasteiger partial charge in [-0.25, -0.2) is 0 Å². The number of carbonyl (C=O) groups is 1. The summed E-state index contributed by atoms with van der Waals surface area (Å²) in [5, 5.41) is 12.9. The average Bonchev–Trinajstić information content (AvgIpc) is 2.48. The van der Waals surface area contributed by atoms with Crippen LogP contribution in [0.5, 0.6) is 0 Å². The number of carbonyl (C=O) groups excluding carboxylic acids is 1. The van der Waals surface area contributed by atoms with Crippen LogP contribution in [-0.2, 0) is 9.53 Å². The minimum absolute atomic E-state index is 0.197. The lowest BCUT2D eigenvalue weighted by atomic mass is 9.92. The van der Waals surface area contributed by atoms with E-state index in [-0.39, 0.29) is 12.0 Å². The third-order valence-electron chi connectivity index (χ3n) is 4.53. The van der Waals surface area contributed by atoms with E-state index in [1.807, 2.05) is 11.8 Å². The van der Waals surface area contributed by atoms with Crippen molar-refractivity contribution in [3.05, 3.63) is 0 Å². The highest BCUT2D eigenvalue weighted by Gasteiger charge is 2.25. The molecule has 5 heteroatoms. The van der Waals surface area contributed by atoms with Gasteiger partial charge in [-0.2, -0.15) is 0 Å². The zero-order chi connectivity index (χ0) is 14.4. The number of aliphatic hydroxyl groups is 1. The smallest absolute Gasteiger partial charge is 0.224 e. The van der Waals surface area contributed by atoms with E-state index < -0.39 is 0 Å². The summed E-state index contributed by atoms with van der Waals surface area (Å²) in [6.45, 7) is 5.98. The lowest BCUT2D eigenvalue weighted by molar-refractivity contribution is -0.134. The molecular formula is C15H28N2O3. The molecule has 2 fully saturated rings. The number of nitrogens with zero attached hydrogens (tertiary/aromatic N) is 1. The van der Waals surface area contributed by atoms with Gasteiger partial charge >= 0.3 is 0 Å². The Labute approximate surface area is 121 Å². The van der Waals surface area contributed by atoms with Crippen LogP contribution in [0.4, 0.5) is 0 Å². The van der Waals surface area contributed by atoms with Crippen LogP contribution >= 0.6 is 0 Å². The molecule has 20 heavy (non-hydrogen) atoms. The first-order valence-electron chi connectivity index (χ1n) is 7.95. The van der Waals surface area contributed by atoms with E-state index in [0.717, 1.165) is 51.9 Å². The molecule has 0 aliphatic carbocycles. The van der Waals surface area contributed by atoms with E-state index in [1.54, 1.807) is 0 Å². The first kappa shape index (κ1) is 15.7. The molecular weight excluding hydrogens is 256 g/mol. The fourth-order valence-electron chi connectivity index (χ4n) is 3.06. The fourth-order valence-corrected chi connectivity index (χ4v) is 3.06. The van der Waals surface area contributed by atoms with E-state index in [1.165, 1.54) is 0 Å². The number of likely N-dealkylation sites (tertiary alicyclic amines) is 1. The van der Waals surface area contributed by atoms with E-state index in [2.05, 4.69) is 5.32 Å². The van der Waals surface area contributed by atoms with E-state index in [9.17, 15) is 9.90 Å². The molecule has 2 heterocycles. The number of aliphatic hydroxyl groups excluding tert-OH is 1. The van der Waals surface area contributed by atoms with E-state index in [4.69, 9.17) is 4.74 Å². The normalized spacial score (nSPS) is 23.8. The molecule has 1 atom stereocenters. The molecule has 0 radical (unpaired) electrons. The molecule has 2 saturated heterocycles. The van der Waals surface area contributed by atoms with Crippen LogP contribution in [0.2, 0.25) is 0 Å². The average molecular weight is 284 g/mol. The summed E-state index contributed by atoms with van der Waals surface area (Å²) >= 11 is 0. The Morgan fingerprint density at radius 3 is 2.55 bits per heavy atom. The standard InChI is InChI=1S/C15H28N2O3/c1-12(18)13-4-9-17(10-5-13)15(19)6-11-20-14-2-7-16-8-3-14/h12-14,16,18H,2-11H2,1H3. The fraction of sp³-hybridized carbons (Fsp3) is 0.933. The van der Waals surface area contributed by atoms with Crippen LogP contribution < -0.4 is 5.32 Å². The van der Waals surface area contributed by atoms with Crippen molar-refractivity contribution < 1.29 is 14.6 Å². The zero-order valence-corrected chi connectivity index (χ0v) is 12.5. The molecule has 0 aromatic heterocycles. The van der Waals surface area contributed by atoms with Gasteiger partial charge in [0, 0.05) is 13.1 Å². The van der Waals surface area contributed by atoms with Crippen molar-refractivity contribution in [2.24, 2.45) is 5.92 Å². The molecule has 116 valence electrons.